The van der Waals surface area contributed by atoms with Gasteiger partial charge in [0.25, 0.3) is 0 Å². The molecular weight excluding hydrogens is 372 g/mol. The summed E-state index contributed by atoms with van der Waals surface area (Å²) >= 11 is 0. The van der Waals surface area contributed by atoms with Crippen molar-refractivity contribution in [3.05, 3.63) is 53.1 Å². The molecule has 5 aliphatic rings. The van der Waals surface area contributed by atoms with Crippen LogP contribution in [-0.2, 0) is 18.3 Å². The van der Waals surface area contributed by atoms with Gasteiger partial charge in [-0.05, 0) is 81.3 Å². The van der Waals surface area contributed by atoms with Gasteiger partial charge in [0.05, 0.1) is 6.04 Å². The molecule has 0 radical (unpaired) electrons. The van der Waals surface area contributed by atoms with Gasteiger partial charge in [-0.2, -0.15) is 0 Å². The van der Waals surface area contributed by atoms with E-state index in [1.165, 1.54) is 48.1 Å². The van der Waals surface area contributed by atoms with Crippen LogP contribution in [0.1, 0.15) is 42.4 Å². The van der Waals surface area contributed by atoms with Gasteiger partial charge < -0.3 is 19.6 Å². The van der Waals surface area contributed by atoms with Crippen molar-refractivity contribution < 1.29 is 9.84 Å². The van der Waals surface area contributed by atoms with Gasteiger partial charge >= 0.3 is 0 Å². The third kappa shape index (κ3) is 2.01. The first-order valence-electron chi connectivity index (χ1n) is 11.8. The maximum atomic E-state index is 10.8. The average molecular weight is 403 g/mol. The molecule has 1 saturated carbocycles. The zero-order valence-corrected chi connectivity index (χ0v) is 17.7. The molecule has 1 spiro atoms. The summed E-state index contributed by atoms with van der Waals surface area (Å²) in [5, 5.41) is 10.8. The number of para-hydroxylation sites is 1. The Morgan fingerprint density at radius 3 is 2.87 bits per heavy atom. The number of anilines is 1. The second kappa shape index (κ2) is 5.94. The number of aromatic hydroxyl groups is 1. The molecule has 3 heterocycles. The first-order valence-corrected chi connectivity index (χ1v) is 11.8. The van der Waals surface area contributed by atoms with E-state index in [1.807, 2.05) is 6.07 Å². The maximum Gasteiger partial charge on any atom is 0.165 e. The van der Waals surface area contributed by atoms with Gasteiger partial charge in [-0.25, -0.2) is 0 Å². The predicted octanol–water partition coefficient (Wildman–Crippen LogP) is 3.88. The highest BCUT2D eigenvalue weighted by molar-refractivity contribution is 5.63. The lowest BCUT2D eigenvalue weighted by atomic mass is 9.51. The Morgan fingerprint density at radius 2 is 1.93 bits per heavy atom. The van der Waals surface area contributed by atoms with Crippen molar-refractivity contribution in [2.75, 3.05) is 25.0 Å². The van der Waals surface area contributed by atoms with Gasteiger partial charge in [0, 0.05) is 29.3 Å². The number of aryl methyl sites for hydroxylation is 1. The summed E-state index contributed by atoms with van der Waals surface area (Å²) in [5.74, 6) is 1.78. The van der Waals surface area contributed by atoms with E-state index >= 15 is 0 Å². The molecule has 2 fully saturated rings. The zero-order chi connectivity index (χ0) is 20.0. The van der Waals surface area contributed by atoms with Crippen LogP contribution in [0.25, 0.3) is 0 Å². The number of likely N-dealkylation sites (N-methyl/N-ethyl adjacent to an activating group) is 1. The van der Waals surface area contributed by atoms with Crippen molar-refractivity contribution >= 4 is 5.69 Å². The molecule has 2 bridgehead atoms. The van der Waals surface area contributed by atoms with E-state index in [0.29, 0.717) is 23.8 Å². The van der Waals surface area contributed by atoms with Crippen molar-refractivity contribution in [3.63, 3.8) is 0 Å². The minimum Gasteiger partial charge on any atom is -0.504 e. The van der Waals surface area contributed by atoms with Gasteiger partial charge in [-0.1, -0.05) is 24.3 Å². The minimum absolute atomic E-state index is 0.0636. The summed E-state index contributed by atoms with van der Waals surface area (Å²) in [5.41, 5.74) is 5.74. The van der Waals surface area contributed by atoms with Crippen molar-refractivity contribution in [2.45, 2.75) is 62.1 Å². The molecule has 30 heavy (non-hydrogen) atoms. The number of phenolic OH excluding ortho intramolecular Hbond substituents is 1. The molecule has 4 heteroatoms. The number of benzene rings is 2. The van der Waals surface area contributed by atoms with E-state index in [1.54, 1.807) is 0 Å². The second-order valence-corrected chi connectivity index (χ2v) is 10.2. The lowest BCUT2D eigenvalue weighted by Crippen LogP contribution is -2.68. The van der Waals surface area contributed by atoms with Gasteiger partial charge in [0.15, 0.2) is 11.5 Å². The summed E-state index contributed by atoms with van der Waals surface area (Å²) in [6.45, 7) is 2.24. The molecule has 4 nitrogen and oxygen atoms in total. The Hall–Kier alpha value is -2.20. The van der Waals surface area contributed by atoms with E-state index in [-0.39, 0.29) is 11.5 Å². The Balaban J connectivity index is 1.40. The lowest BCUT2D eigenvalue weighted by Gasteiger charge is -2.60. The van der Waals surface area contributed by atoms with Gasteiger partial charge in [0.1, 0.15) is 6.10 Å². The van der Waals surface area contributed by atoms with Crippen LogP contribution >= 0.6 is 0 Å². The van der Waals surface area contributed by atoms with Gasteiger partial charge in [-0.3, -0.25) is 0 Å². The van der Waals surface area contributed by atoms with Crippen LogP contribution in [0.2, 0.25) is 0 Å². The average Bonchev–Trinajstić information content (AvgIpc) is 3.13. The highest BCUT2D eigenvalue weighted by atomic mass is 16.5. The molecule has 5 atom stereocenters. The van der Waals surface area contributed by atoms with Crippen molar-refractivity contribution in [1.29, 1.82) is 0 Å². The predicted molar refractivity (Wildman–Crippen MR) is 118 cm³/mol. The maximum absolute atomic E-state index is 10.8. The number of hydrogen-bond donors (Lipinski definition) is 1. The second-order valence-electron chi connectivity index (χ2n) is 10.2. The van der Waals surface area contributed by atoms with Crippen LogP contribution in [0.15, 0.2) is 36.4 Å². The molecule has 0 unspecified atom stereocenters. The summed E-state index contributed by atoms with van der Waals surface area (Å²) in [4.78, 5) is 5.26. The van der Waals surface area contributed by atoms with E-state index in [0.717, 1.165) is 31.7 Å². The van der Waals surface area contributed by atoms with Gasteiger partial charge in [0.2, 0.25) is 0 Å². The molecule has 3 aliphatic heterocycles. The van der Waals surface area contributed by atoms with Crippen LogP contribution in [-0.4, -0.2) is 48.3 Å². The molecule has 2 aliphatic carbocycles. The molecule has 0 aromatic heterocycles. The monoisotopic (exact) mass is 402 g/mol. The van der Waals surface area contributed by atoms with Crippen LogP contribution in [0.3, 0.4) is 0 Å². The van der Waals surface area contributed by atoms with E-state index in [9.17, 15) is 5.11 Å². The Morgan fingerprint density at radius 1 is 1.03 bits per heavy atom. The smallest absolute Gasteiger partial charge is 0.165 e. The highest BCUT2D eigenvalue weighted by Crippen LogP contribution is 2.64. The van der Waals surface area contributed by atoms with Crippen LogP contribution in [0.4, 0.5) is 5.69 Å². The molecule has 7 rings (SSSR count). The third-order valence-corrected chi connectivity index (χ3v) is 9.11. The molecule has 0 amide bonds. The van der Waals surface area contributed by atoms with E-state index in [4.69, 9.17) is 4.74 Å². The number of piperidine rings is 1. The zero-order valence-electron chi connectivity index (χ0n) is 17.7. The van der Waals surface area contributed by atoms with E-state index in [2.05, 4.69) is 47.2 Å². The van der Waals surface area contributed by atoms with Crippen LogP contribution in [0, 0.1) is 5.92 Å². The summed E-state index contributed by atoms with van der Waals surface area (Å²) in [6.07, 6.45) is 7.21. The fraction of sp³-hybridized carbons (Fsp3) is 0.538. The van der Waals surface area contributed by atoms with Crippen molar-refractivity contribution in [1.82, 2.24) is 4.90 Å². The fourth-order valence-electron chi connectivity index (χ4n) is 7.94. The standard InChI is InChI=1S/C26H30N2O2/c1-27-14-12-26-18-9-10-20(28-13-4-6-16-5-2-3-7-19(16)28)25(26)30-24-22(29)11-8-17(23(24)26)15-21(18)27/h2-3,5,7-8,11,18,20-21,25,29H,4,6,9-10,12-15H2,1H3/t18-,20+,21+,25-,26-/m0/s1. The SMILES string of the molecule is CN1CC[C@]23c4c5ccc(O)c4O[C@H]2[C@H](N2CCCc4ccccc42)CC[C@H]3[C@H]1C5. The topological polar surface area (TPSA) is 35.9 Å². The fourth-order valence-corrected chi connectivity index (χ4v) is 7.94. The third-order valence-electron chi connectivity index (χ3n) is 9.11. The summed E-state index contributed by atoms with van der Waals surface area (Å²) in [6, 6.07) is 14.0. The molecular formula is C26H30N2O2. The highest BCUT2D eigenvalue weighted by Gasteiger charge is 2.66. The van der Waals surface area contributed by atoms with Crippen molar-refractivity contribution in [3.8, 4) is 11.5 Å². The number of likely N-dealkylation sites (tertiary alicyclic amines) is 1. The number of hydrogen-bond acceptors (Lipinski definition) is 4. The Labute approximate surface area is 178 Å². The number of fused-ring (bicyclic) bond motifs is 1. The van der Waals surface area contributed by atoms with Crippen LogP contribution < -0.4 is 9.64 Å². The number of ether oxygens (including phenoxy) is 1. The number of phenols is 1. The Bertz CT molecular complexity index is 1040. The molecule has 1 saturated heterocycles. The Kier molecular flexibility index (Phi) is 3.46. The largest absolute Gasteiger partial charge is 0.504 e. The number of nitrogens with zero attached hydrogens (tertiary/aromatic N) is 2. The van der Waals surface area contributed by atoms with E-state index < -0.39 is 0 Å². The molecule has 2 aromatic rings. The summed E-state index contributed by atoms with van der Waals surface area (Å²) < 4.78 is 6.82. The first-order chi connectivity index (χ1) is 14.7. The first kappa shape index (κ1) is 17.5. The van der Waals surface area contributed by atoms with Gasteiger partial charge in [-0.15, -0.1) is 0 Å². The molecule has 156 valence electrons. The quantitative estimate of drug-likeness (QED) is 0.785. The minimum atomic E-state index is 0.0636. The number of rotatable bonds is 1. The summed E-state index contributed by atoms with van der Waals surface area (Å²) in [7, 11) is 2.31. The van der Waals surface area contributed by atoms with Crippen LogP contribution in [0.5, 0.6) is 11.5 Å². The lowest BCUT2D eigenvalue weighted by molar-refractivity contribution is -0.0525. The van der Waals surface area contributed by atoms with Crippen molar-refractivity contribution in [2.24, 2.45) is 5.92 Å². The molecule has 2 aromatic carbocycles. The molecule has 1 N–H and O–H groups in total. The normalized spacial score (nSPS) is 36.1.